The number of hydrogen-bond donors (Lipinski definition) is 4. The Morgan fingerprint density at radius 3 is 2.71 bits per heavy atom. The molecule has 2 aliphatic heterocycles. The minimum atomic E-state index is -3.56. The molecule has 0 bridgehead atoms. The second-order valence-electron chi connectivity index (χ2n) is 8.77. The van der Waals surface area contributed by atoms with E-state index in [1.165, 1.54) is 0 Å². The number of pyridine rings is 1. The van der Waals surface area contributed by atoms with Crippen molar-refractivity contribution < 1.29 is 13.2 Å². The lowest BCUT2D eigenvalue weighted by Gasteiger charge is -2.14. The van der Waals surface area contributed by atoms with Crippen molar-refractivity contribution in [3.63, 3.8) is 0 Å². The fourth-order valence-corrected chi connectivity index (χ4v) is 5.92. The molecule has 2 aromatic heterocycles. The van der Waals surface area contributed by atoms with Gasteiger partial charge in [-0.15, -0.1) is 0 Å². The van der Waals surface area contributed by atoms with E-state index < -0.39 is 10.0 Å². The molecule has 10 heteroatoms. The summed E-state index contributed by atoms with van der Waals surface area (Å²) in [7, 11) is -3.56. The predicted molar refractivity (Wildman–Crippen MR) is 133 cm³/mol. The summed E-state index contributed by atoms with van der Waals surface area (Å²) in [6.07, 6.45) is 4.42. The van der Waals surface area contributed by atoms with Crippen LogP contribution in [-0.4, -0.2) is 42.8 Å². The molecular formula is C25H24N6O3S. The lowest BCUT2D eigenvalue weighted by atomic mass is 10.0. The van der Waals surface area contributed by atoms with Crippen molar-refractivity contribution in [2.24, 2.45) is 0 Å². The quantitative estimate of drug-likeness (QED) is 0.332. The average molecular weight is 489 g/mol. The van der Waals surface area contributed by atoms with Gasteiger partial charge in [-0.25, -0.2) is 18.1 Å². The topological polar surface area (TPSA) is 117 Å². The van der Waals surface area contributed by atoms with E-state index in [4.69, 9.17) is 0 Å². The summed E-state index contributed by atoms with van der Waals surface area (Å²) in [4.78, 5) is 16.6. The van der Waals surface area contributed by atoms with Gasteiger partial charge in [0.25, 0.3) is 5.91 Å². The molecule has 1 unspecified atom stereocenters. The maximum atomic E-state index is 12.7. The SMILES string of the molecule is O=C1NCc2cc(-c3ccc(Nc4ccc(S(=O)(=O)NC5CCNC5)cc4)c4nccn34)ccc21. The Kier molecular flexibility index (Phi) is 5.28. The molecule has 2 aliphatic rings. The van der Waals surface area contributed by atoms with E-state index in [-0.39, 0.29) is 16.8 Å². The molecule has 0 radical (unpaired) electrons. The van der Waals surface area contributed by atoms with Crippen LogP contribution in [0, 0.1) is 0 Å². The van der Waals surface area contributed by atoms with Crippen LogP contribution in [0.2, 0.25) is 0 Å². The molecule has 9 nitrogen and oxygen atoms in total. The fraction of sp³-hybridized carbons (Fsp3) is 0.200. The molecule has 178 valence electrons. The first kappa shape index (κ1) is 21.8. The van der Waals surface area contributed by atoms with Crippen LogP contribution < -0.4 is 20.7 Å². The first-order chi connectivity index (χ1) is 17.0. The van der Waals surface area contributed by atoms with Crippen LogP contribution in [0.15, 0.2) is 71.9 Å². The third kappa shape index (κ3) is 4.05. The van der Waals surface area contributed by atoms with Gasteiger partial charge in [0.05, 0.1) is 16.3 Å². The summed E-state index contributed by atoms with van der Waals surface area (Å²) < 4.78 is 30.1. The third-order valence-corrected chi connectivity index (χ3v) is 8.00. The molecule has 4 N–H and O–H groups in total. The highest BCUT2D eigenvalue weighted by Crippen LogP contribution is 2.30. The maximum absolute atomic E-state index is 12.7. The Bertz CT molecular complexity index is 1540. The molecule has 1 amide bonds. The zero-order valence-corrected chi connectivity index (χ0v) is 19.6. The van der Waals surface area contributed by atoms with Gasteiger partial charge in [-0.05, 0) is 72.6 Å². The van der Waals surface area contributed by atoms with Gasteiger partial charge >= 0.3 is 0 Å². The van der Waals surface area contributed by atoms with Gasteiger partial charge < -0.3 is 16.0 Å². The number of fused-ring (bicyclic) bond motifs is 2. The normalized spacial score (nSPS) is 17.5. The Balaban J connectivity index is 1.25. The van der Waals surface area contributed by atoms with Crippen molar-refractivity contribution in [2.75, 3.05) is 18.4 Å². The standard InChI is InChI=1S/C25H24N6O3S/c32-25-21-6-1-16(13-17(21)14-28-25)23-8-7-22(24-27-11-12-31(23)24)29-18-2-4-20(5-3-18)35(33,34)30-19-9-10-26-15-19/h1-8,11-13,19,26,29-30H,9-10,14-15H2,(H,28,32). The van der Waals surface area contributed by atoms with Crippen LogP contribution in [0.4, 0.5) is 11.4 Å². The largest absolute Gasteiger partial charge is 0.352 e. The number of carbonyl (C=O) groups is 1. The number of nitrogens with zero attached hydrogens (tertiary/aromatic N) is 2. The highest BCUT2D eigenvalue weighted by atomic mass is 32.2. The molecule has 0 spiro atoms. The summed E-state index contributed by atoms with van der Waals surface area (Å²) in [6.45, 7) is 2.00. The smallest absolute Gasteiger partial charge is 0.251 e. The lowest BCUT2D eigenvalue weighted by Crippen LogP contribution is -2.36. The highest BCUT2D eigenvalue weighted by molar-refractivity contribution is 7.89. The molecule has 2 aromatic carbocycles. The Morgan fingerprint density at radius 2 is 1.91 bits per heavy atom. The number of nitrogens with one attached hydrogen (secondary N) is 4. The van der Waals surface area contributed by atoms with E-state index in [9.17, 15) is 13.2 Å². The number of benzene rings is 2. The van der Waals surface area contributed by atoms with Crippen LogP contribution >= 0.6 is 0 Å². The van der Waals surface area contributed by atoms with E-state index in [0.29, 0.717) is 13.1 Å². The number of amides is 1. The van der Waals surface area contributed by atoms with E-state index in [2.05, 4.69) is 25.7 Å². The van der Waals surface area contributed by atoms with Crippen molar-refractivity contribution in [3.8, 4) is 11.3 Å². The average Bonchev–Trinajstić information content (AvgIpc) is 3.61. The van der Waals surface area contributed by atoms with Gasteiger partial charge in [-0.3, -0.25) is 9.20 Å². The number of hydrogen-bond acceptors (Lipinski definition) is 6. The predicted octanol–water partition coefficient (Wildman–Crippen LogP) is 2.63. The zero-order chi connectivity index (χ0) is 24.0. The van der Waals surface area contributed by atoms with Crippen molar-refractivity contribution in [1.29, 1.82) is 0 Å². The highest BCUT2D eigenvalue weighted by Gasteiger charge is 2.23. The van der Waals surface area contributed by atoms with Crippen molar-refractivity contribution in [2.45, 2.75) is 23.9 Å². The van der Waals surface area contributed by atoms with Gasteiger partial charge in [0.1, 0.15) is 0 Å². The number of carbonyl (C=O) groups excluding carboxylic acids is 1. The molecule has 0 saturated carbocycles. The first-order valence-electron chi connectivity index (χ1n) is 11.5. The molecule has 1 atom stereocenters. The van der Waals surface area contributed by atoms with E-state index >= 15 is 0 Å². The summed E-state index contributed by atoms with van der Waals surface area (Å²) in [6, 6.07) is 16.4. The third-order valence-electron chi connectivity index (χ3n) is 6.46. The van der Waals surface area contributed by atoms with Crippen LogP contribution in [0.1, 0.15) is 22.3 Å². The minimum absolute atomic E-state index is 0.0379. The number of aromatic nitrogens is 2. The molecule has 1 saturated heterocycles. The van der Waals surface area contributed by atoms with E-state index in [0.717, 1.165) is 52.4 Å². The second kappa shape index (κ2) is 8.49. The van der Waals surface area contributed by atoms with Crippen molar-refractivity contribution in [3.05, 3.63) is 78.1 Å². The Labute approximate surface area is 202 Å². The van der Waals surface area contributed by atoms with Crippen LogP contribution in [-0.2, 0) is 16.6 Å². The van der Waals surface area contributed by atoms with Gasteiger partial charge in [-0.2, -0.15) is 0 Å². The van der Waals surface area contributed by atoms with Gasteiger partial charge in [0, 0.05) is 42.8 Å². The molecule has 4 aromatic rings. The van der Waals surface area contributed by atoms with Crippen molar-refractivity contribution >= 4 is 33.0 Å². The maximum Gasteiger partial charge on any atom is 0.251 e. The number of sulfonamides is 1. The molecule has 6 rings (SSSR count). The molecule has 35 heavy (non-hydrogen) atoms. The summed E-state index contributed by atoms with van der Waals surface area (Å²) in [5, 5.41) is 9.36. The second-order valence-corrected chi connectivity index (χ2v) is 10.5. The molecule has 4 heterocycles. The molecule has 1 fully saturated rings. The van der Waals surface area contributed by atoms with Gasteiger partial charge in [0.15, 0.2) is 5.65 Å². The molecular weight excluding hydrogens is 464 g/mol. The summed E-state index contributed by atoms with van der Waals surface area (Å²) in [5.74, 6) is -0.0379. The van der Waals surface area contributed by atoms with Crippen molar-refractivity contribution in [1.82, 2.24) is 24.7 Å². The Morgan fingerprint density at radius 1 is 1.06 bits per heavy atom. The first-order valence-corrected chi connectivity index (χ1v) is 12.9. The van der Waals surface area contributed by atoms with Crippen LogP contribution in [0.3, 0.4) is 0 Å². The van der Waals surface area contributed by atoms with Crippen LogP contribution in [0.25, 0.3) is 16.9 Å². The number of anilines is 2. The lowest BCUT2D eigenvalue weighted by molar-refractivity contribution is 0.0965. The van der Waals surface area contributed by atoms with E-state index in [1.807, 2.05) is 40.9 Å². The zero-order valence-electron chi connectivity index (χ0n) is 18.8. The number of rotatable bonds is 6. The Hall–Kier alpha value is -3.73. The van der Waals surface area contributed by atoms with E-state index in [1.54, 1.807) is 30.5 Å². The minimum Gasteiger partial charge on any atom is -0.352 e. The summed E-state index contributed by atoms with van der Waals surface area (Å²) >= 11 is 0. The van der Waals surface area contributed by atoms with Crippen LogP contribution in [0.5, 0.6) is 0 Å². The summed E-state index contributed by atoms with van der Waals surface area (Å²) in [5.41, 5.74) is 5.94. The monoisotopic (exact) mass is 488 g/mol. The fourth-order valence-electron chi connectivity index (χ4n) is 4.65. The van der Waals surface area contributed by atoms with Gasteiger partial charge in [-0.1, -0.05) is 6.07 Å². The van der Waals surface area contributed by atoms with Gasteiger partial charge in [0.2, 0.25) is 10.0 Å². The number of imidazole rings is 1. The molecule has 0 aliphatic carbocycles.